The molecule has 1 spiro atoms. The Morgan fingerprint density at radius 1 is 1.10 bits per heavy atom. The van der Waals surface area contributed by atoms with Gasteiger partial charge in [0.05, 0.1) is 11.3 Å². The minimum Gasteiger partial charge on any atom is -0.290 e. The summed E-state index contributed by atoms with van der Waals surface area (Å²) in [5.74, 6) is 0. The normalized spacial score (nSPS) is 16.2. The number of fused-ring (bicyclic) bond motifs is 4. The highest BCUT2D eigenvalue weighted by Gasteiger charge is 2.44. The van der Waals surface area contributed by atoms with Crippen LogP contribution in [0.3, 0.4) is 0 Å². The molecule has 2 aromatic carbocycles. The molecule has 4 nitrogen and oxygen atoms in total. The van der Waals surface area contributed by atoms with Crippen LogP contribution < -0.4 is 5.56 Å². The van der Waals surface area contributed by atoms with Crippen LogP contribution in [-0.4, -0.2) is 14.7 Å². The van der Waals surface area contributed by atoms with Gasteiger partial charge in [-0.3, -0.25) is 14.2 Å². The number of aromatic nitrogens is 2. The lowest BCUT2D eigenvalue weighted by Crippen LogP contribution is -2.39. The van der Waals surface area contributed by atoms with Crippen LogP contribution in [0.25, 0.3) is 11.3 Å². The smallest absolute Gasteiger partial charge is 0.258 e. The predicted molar refractivity (Wildman–Crippen MR) is 125 cm³/mol. The molecule has 31 heavy (non-hydrogen) atoms. The lowest BCUT2D eigenvalue weighted by Gasteiger charge is -2.36. The second-order valence-corrected chi connectivity index (χ2v) is 9.96. The number of benzene rings is 2. The Hall–Kier alpha value is -2.66. The molecule has 0 saturated heterocycles. The molecular formula is C26H26N2O2S. The van der Waals surface area contributed by atoms with E-state index >= 15 is 0 Å². The molecule has 0 N–H and O–H groups in total. The Morgan fingerprint density at radius 2 is 1.81 bits per heavy atom. The Morgan fingerprint density at radius 3 is 2.55 bits per heavy atom. The summed E-state index contributed by atoms with van der Waals surface area (Å²) in [7, 11) is 1.75. The van der Waals surface area contributed by atoms with Crippen LogP contribution in [0.5, 0.6) is 0 Å². The van der Waals surface area contributed by atoms with Crippen LogP contribution >= 0.6 is 11.8 Å². The minimum atomic E-state index is -0.110. The molecule has 2 aliphatic rings. The van der Waals surface area contributed by atoms with Gasteiger partial charge in [0.15, 0.2) is 5.16 Å². The first-order valence-corrected chi connectivity index (χ1v) is 11.7. The van der Waals surface area contributed by atoms with Gasteiger partial charge in [-0.1, -0.05) is 66.9 Å². The van der Waals surface area contributed by atoms with Gasteiger partial charge in [0.1, 0.15) is 0 Å². The van der Waals surface area contributed by atoms with Gasteiger partial charge < -0.3 is 0 Å². The van der Waals surface area contributed by atoms with Gasteiger partial charge in [-0.2, -0.15) is 0 Å². The molecule has 1 aromatic heterocycles. The molecule has 0 amide bonds. The largest absolute Gasteiger partial charge is 0.290 e. The van der Waals surface area contributed by atoms with Crippen LogP contribution in [0, 0.1) is 6.92 Å². The van der Waals surface area contributed by atoms with Crippen molar-refractivity contribution in [1.29, 1.82) is 0 Å². The van der Waals surface area contributed by atoms with Crippen molar-refractivity contribution in [3.05, 3.63) is 81.1 Å². The van der Waals surface area contributed by atoms with Gasteiger partial charge in [0.25, 0.3) is 5.56 Å². The predicted octanol–water partition coefficient (Wildman–Crippen LogP) is 4.99. The first-order chi connectivity index (χ1) is 15.0. The maximum atomic E-state index is 13.6. The first kappa shape index (κ1) is 20.3. The van der Waals surface area contributed by atoms with Crippen LogP contribution in [0.4, 0.5) is 0 Å². The summed E-state index contributed by atoms with van der Waals surface area (Å²) >= 11 is 1.07. The van der Waals surface area contributed by atoms with Gasteiger partial charge in [0.2, 0.25) is 5.12 Å². The molecule has 0 unspecified atom stereocenters. The Balaban J connectivity index is 1.55. The summed E-state index contributed by atoms with van der Waals surface area (Å²) in [4.78, 5) is 31.3. The quantitative estimate of drug-likeness (QED) is 0.434. The van der Waals surface area contributed by atoms with E-state index in [1.54, 1.807) is 11.6 Å². The van der Waals surface area contributed by atoms with Gasteiger partial charge in [0, 0.05) is 24.4 Å². The summed E-state index contributed by atoms with van der Waals surface area (Å²) < 4.78 is 1.59. The molecule has 3 aromatic rings. The molecule has 5 heteroatoms. The number of aryl methyl sites for hydroxylation is 1. The maximum Gasteiger partial charge on any atom is 0.258 e. The van der Waals surface area contributed by atoms with Crippen LogP contribution in [0.2, 0.25) is 0 Å². The average Bonchev–Trinajstić information content (AvgIpc) is 3.21. The van der Waals surface area contributed by atoms with Crippen molar-refractivity contribution in [2.45, 2.75) is 56.0 Å². The Bertz CT molecular complexity index is 1220. The third kappa shape index (κ3) is 3.55. The Kier molecular flexibility index (Phi) is 5.09. The fourth-order valence-electron chi connectivity index (χ4n) is 5.19. The van der Waals surface area contributed by atoms with E-state index in [-0.39, 0.29) is 16.1 Å². The van der Waals surface area contributed by atoms with Crippen LogP contribution in [0.1, 0.15) is 47.9 Å². The highest BCUT2D eigenvalue weighted by molar-refractivity contribution is 8.13. The van der Waals surface area contributed by atoms with Crippen LogP contribution in [0.15, 0.2) is 58.5 Å². The fourth-order valence-corrected chi connectivity index (χ4v) is 5.99. The molecule has 0 aliphatic heterocycles. The molecule has 0 radical (unpaired) electrons. The van der Waals surface area contributed by atoms with Crippen molar-refractivity contribution in [3.63, 3.8) is 0 Å². The number of hydrogen-bond acceptors (Lipinski definition) is 4. The van der Waals surface area contributed by atoms with E-state index in [2.05, 4.69) is 18.2 Å². The molecular weight excluding hydrogens is 404 g/mol. The van der Waals surface area contributed by atoms with Crippen molar-refractivity contribution >= 4 is 16.9 Å². The molecule has 5 rings (SSSR count). The summed E-state index contributed by atoms with van der Waals surface area (Å²) in [6.45, 7) is 2.03. The molecule has 2 aliphatic carbocycles. The topological polar surface area (TPSA) is 52.0 Å². The second kappa shape index (κ2) is 7.79. The van der Waals surface area contributed by atoms with Gasteiger partial charge in [-0.15, -0.1) is 0 Å². The summed E-state index contributed by atoms with van der Waals surface area (Å²) in [5, 5.41) is 0.469. The van der Waals surface area contributed by atoms with Gasteiger partial charge >= 0.3 is 0 Å². The third-order valence-electron chi connectivity index (χ3n) is 6.82. The zero-order chi connectivity index (χ0) is 21.6. The standard InChI is InChI=1S/C26H26N2O2S/c1-17-9-11-18(12-10-17)15-21(29)31-25-27-23-20-8-4-3-7-19(20)16-26(13-5-6-14-26)22(23)24(30)28(25)2/h3-4,7-12H,5-6,13-16H2,1-2H3. The van der Waals surface area contributed by atoms with E-state index in [4.69, 9.17) is 4.98 Å². The molecule has 1 saturated carbocycles. The molecule has 158 valence electrons. The van der Waals surface area contributed by atoms with E-state index in [9.17, 15) is 9.59 Å². The zero-order valence-corrected chi connectivity index (χ0v) is 18.8. The van der Waals surface area contributed by atoms with Crippen molar-refractivity contribution in [2.75, 3.05) is 0 Å². The van der Waals surface area contributed by atoms with Crippen molar-refractivity contribution in [1.82, 2.24) is 9.55 Å². The lowest BCUT2D eigenvalue weighted by atomic mass is 9.68. The summed E-state index contributed by atoms with van der Waals surface area (Å²) in [6, 6.07) is 16.3. The van der Waals surface area contributed by atoms with Gasteiger partial charge in [-0.25, -0.2) is 4.98 Å². The van der Waals surface area contributed by atoms with Crippen molar-refractivity contribution in [3.8, 4) is 11.3 Å². The third-order valence-corrected chi connectivity index (χ3v) is 7.74. The van der Waals surface area contributed by atoms with E-state index in [0.717, 1.165) is 66.3 Å². The highest BCUT2D eigenvalue weighted by atomic mass is 32.2. The van der Waals surface area contributed by atoms with E-state index in [0.29, 0.717) is 11.6 Å². The highest BCUT2D eigenvalue weighted by Crippen LogP contribution is 2.49. The van der Waals surface area contributed by atoms with E-state index in [1.807, 2.05) is 37.3 Å². The molecule has 0 bridgehead atoms. The second-order valence-electron chi connectivity index (χ2n) is 8.94. The first-order valence-electron chi connectivity index (χ1n) is 10.9. The summed E-state index contributed by atoms with van der Waals surface area (Å²) in [5.41, 5.74) is 6.00. The maximum absolute atomic E-state index is 13.6. The summed E-state index contributed by atoms with van der Waals surface area (Å²) in [6.07, 6.45) is 5.59. The number of carbonyl (C=O) groups is 1. The minimum absolute atomic E-state index is 0.00652. The molecule has 1 fully saturated rings. The number of carbonyl (C=O) groups excluding carboxylic acids is 1. The SMILES string of the molecule is Cc1ccc(CC(=O)Sc2nc3c(c(=O)n2C)C2(CCCC2)Cc2ccccc2-3)cc1. The Labute approximate surface area is 186 Å². The van der Waals surface area contributed by atoms with E-state index < -0.39 is 0 Å². The molecule has 1 heterocycles. The number of hydrogen-bond donors (Lipinski definition) is 0. The number of nitrogens with zero attached hydrogens (tertiary/aromatic N) is 2. The number of rotatable bonds is 3. The van der Waals surface area contributed by atoms with Gasteiger partial charge in [-0.05, 0) is 49.1 Å². The number of thioether (sulfide) groups is 1. The fraction of sp³-hybridized carbons (Fsp3) is 0.346. The van der Waals surface area contributed by atoms with Crippen molar-refractivity contribution in [2.24, 2.45) is 7.05 Å². The average molecular weight is 431 g/mol. The zero-order valence-electron chi connectivity index (χ0n) is 18.0. The monoisotopic (exact) mass is 430 g/mol. The van der Waals surface area contributed by atoms with E-state index in [1.165, 1.54) is 11.1 Å². The van der Waals surface area contributed by atoms with Crippen LogP contribution in [-0.2, 0) is 30.1 Å². The van der Waals surface area contributed by atoms with Crippen molar-refractivity contribution < 1.29 is 4.79 Å². The molecule has 0 atom stereocenters. The lowest BCUT2D eigenvalue weighted by molar-refractivity contribution is -0.110.